The third-order valence-corrected chi connectivity index (χ3v) is 6.27. The Morgan fingerprint density at radius 1 is 1.13 bits per heavy atom. The molecular formula is C27H36N2O9. The number of nitrogens with one attached hydrogen (secondary N) is 1. The van der Waals surface area contributed by atoms with E-state index < -0.39 is 60.0 Å². The molecule has 0 bridgehead atoms. The molecule has 0 spiro atoms. The van der Waals surface area contributed by atoms with Crippen LogP contribution in [-0.2, 0) is 44.4 Å². The van der Waals surface area contributed by atoms with Crippen molar-refractivity contribution < 1.29 is 42.8 Å². The van der Waals surface area contributed by atoms with Gasteiger partial charge in [0.15, 0.2) is 12.0 Å². The highest BCUT2D eigenvalue weighted by atomic mass is 16.8. The van der Waals surface area contributed by atoms with E-state index in [1.165, 1.54) is 14.0 Å². The molecule has 3 heterocycles. The van der Waals surface area contributed by atoms with E-state index in [4.69, 9.17) is 28.4 Å². The molecule has 208 valence electrons. The Kier molecular flexibility index (Phi) is 7.74. The first kappa shape index (κ1) is 27.9. The van der Waals surface area contributed by atoms with Crippen molar-refractivity contribution in [1.82, 2.24) is 9.88 Å². The van der Waals surface area contributed by atoms with Crippen molar-refractivity contribution in [3.05, 3.63) is 36.0 Å². The Morgan fingerprint density at radius 2 is 1.82 bits per heavy atom. The number of hydrogen-bond donors (Lipinski definition) is 1. The summed E-state index contributed by atoms with van der Waals surface area (Å²) >= 11 is 0. The zero-order valence-electron chi connectivity index (χ0n) is 22.8. The van der Waals surface area contributed by atoms with Crippen LogP contribution in [-0.4, -0.2) is 72.1 Å². The summed E-state index contributed by atoms with van der Waals surface area (Å²) in [5.41, 5.74) is 0.902. The fourth-order valence-corrected chi connectivity index (χ4v) is 4.87. The average Bonchev–Trinajstić information content (AvgIpc) is 3.44. The Hall–Kier alpha value is -3.15. The standard InChI is InChI=1S/C27H36N2O9/c1-15(30)34-14-20-21-22(37-27(5,6)36-21)23(35-20)29-13-16(17-10-8-9-11-19(17)29)12-18(24(31)33-7)28-25(32)38-26(2,3)4/h8-11,13,18,20-23H,12,14H2,1-7H3,(H,28,32)/t18-,20+,21+,22+,23?/m0/s1. The number of nitrogens with zero attached hydrogens (tertiary/aromatic N) is 1. The zero-order valence-corrected chi connectivity index (χ0v) is 22.8. The van der Waals surface area contributed by atoms with Gasteiger partial charge in [0, 0.05) is 24.9 Å². The molecule has 11 heteroatoms. The fourth-order valence-electron chi connectivity index (χ4n) is 4.87. The van der Waals surface area contributed by atoms with Crippen molar-refractivity contribution in [3.63, 3.8) is 0 Å². The number of para-hydroxylation sites is 1. The van der Waals surface area contributed by atoms with Gasteiger partial charge in [-0.3, -0.25) is 4.79 Å². The number of amides is 1. The van der Waals surface area contributed by atoms with Crippen LogP contribution in [0.2, 0.25) is 0 Å². The second-order valence-electron chi connectivity index (χ2n) is 10.9. The molecule has 1 aromatic carbocycles. The molecule has 4 rings (SSSR count). The molecule has 2 aliphatic heterocycles. The molecule has 38 heavy (non-hydrogen) atoms. The molecule has 1 aromatic heterocycles. The summed E-state index contributed by atoms with van der Waals surface area (Å²) in [6.07, 6.45) is -0.720. The summed E-state index contributed by atoms with van der Waals surface area (Å²) in [7, 11) is 1.27. The minimum atomic E-state index is -0.979. The first-order valence-electron chi connectivity index (χ1n) is 12.6. The van der Waals surface area contributed by atoms with Gasteiger partial charge in [-0.25, -0.2) is 9.59 Å². The molecular weight excluding hydrogens is 496 g/mol. The minimum Gasteiger partial charge on any atom is -0.467 e. The van der Waals surface area contributed by atoms with Crippen molar-refractivity contribution in [1.29, 1.82) is 0 Å². The van der Waals surface area contributed by atoms with Crippen molar-refractivity contribution in [3.8, 4) is 0 Å². The van der Waals surface area contributed by atoms with E-state index in [1.807, 2.05) is 48.9 Å². The van der Waals surface area contributed by atoms with Crippen LogP contribution in [0.25, 0.3) is 10.9 Å². The number of fused-ring (bicyclic) bond motifs is 2. The van der Waals surface area contributed by atoms with E-state index in [1.54, 1.807) is 20.8 Å². The summed E-state index contributed by atoms with van der Waals surface area (Å²) in [6.45, 7) is 10.3. The maximum Gasteiger partial charge on any atom is 0.408 e. The molecule has 1 unspecified atom stereocenters. The molecule has 0 radical (unpaired) electrons. The Balaban J connectivity index is 1.65. The summed E-state index contributed by atoms with van der Waals surface area (Å²) in [5, 5.41) is 3.50. The van der Waals surface area contributed by atoms with Crippen LogP contribution in [0, 0.1) is 0 Å². The highest BCUT2D eigenvalue weighted by molar-refractivity contribution is 5.86. The van der Waals surface area contributed by atoms with Crippen molar-refractivity contribution in [2.24, 2.45) is 0 Å². The van der Waals surface area contributed by atoms with Crippen LogP contribution < -0.4 is 5.32 Å². The number of ether oxygens (including phenoxy) is 6. The van der Waals surface area contributed by atoms with E-state index in [9.17, 15) is 14.4 Å². The van der Waals surface area contributed by atoms with Gasteiger partial charge < -0.3 is 38.3 Å². The second-order valence-corrected chi connectivity index (χ2v) is 10.9. The van der Waals surface area contributed by atoms with Gasteiger partial charge in [0.2, 0.25) is 0 Å². The number of carbonyl (C=O) groups is 3. The van der Waals surface area contributed by atoms with Crippen LogP contribution in [0.1, 0.15) is 53.3 Å². The number of carbonyl (C=O) groups excluding carboxylic acids is 3. The highest BCUT2D eigenvalue weighted by Gasteiger charge is 2.56. The molecule has 0 aliphatic carbocycles. The Bertz CT molecular complexity index is 1200. The molecule has 0 saturated carbocycles. The summed E-state index contributed by atoms with van der Waals surface area (Å²) in [5.74, 6) is -1.85. The molecule has 2 aromatic rings. The lowest BCUT2D eigenvalue weighted by atomic mass is 10.1. The third-order valence-electron chi connectivity index (χ3n) is 6.27. The SMILES string of the molecule is COC(=O)[C@H](Cc1cn(C2O[C@H](COC(C)=O)[C@H]3OC(C)(C)O[C@@H]23)c2ccccc12)NC(=O)OC(C)(C)C. The lowest BCUT2D eigenvalue weighted by molar-refractivity contribution is -0.201. The zero-order chi connectivity index (χ0) is 27.8. The van der Waals surface area contributed by atoms with E-state index >= 15 is 0 Å². The van der Waals surface area contributed by atoms with Gasteiger partial charge in [-0.05, 0) is 46.2 Å². The van der Waals surface area contributed by atoms with Gasteiger partial charge >= 0.3 is 18.0 Å². The largest absolute Gasteiger partial charge is 0.467 e. The second kappa shape index (κ2) is 10.5. The van der Waals surface area contributed by atoms with Gasteiger partial charge in [0.25, 0.3) is 0 Å². The fraction of sp³-hybridized carbons (Fsp3) is 0.593. The monoisotopic (exact) mass is 532 g/mol. The van der Waals surface area contributed by atoms with Crippen molar-refractivity contribution in [2.45, 2.75) is 89.9 Å². The molecule has 2 fully saturated rings. The van der Waals surface area contributed by atoms with E-state index in [-0.39, 0.29) is 13.0 Å². The Labute approximate surface area is 221 Å². The van der Waals surface area contributed by atoms with E-state index in [0.717, 1.165) is 16.5 Å². The van der Waals surface area contributed by atoms with Crippen LogP contribution >= 0.6 is 0 Å². The molecule has 5 atom stereocenters. The highest BCUT2D eigenvalue weighted by Crippen LogP contribution is 2.44. The van der Waals surface area contributed by atoms with E-state index in [2.05, 4.69) is 5.32 Å². The topological polar surface area (TPSA) is 124 Å². The molecule has 1 amide bonds. The number of rotatable bonds is 7. The Morgan fingerprint density at radius 3 is 2.47 bits per heavy atom. The smallest absolute Gasteiger partial charge is 0.408 e. The number of aromatic nitrogens is 1. The van der Waals surface area contributed by atoms with Gasteiger partial charge in [-0.2, -0.15) is 0 Å². The third kappa shape index (κ3) is 6.11. The van der Waals surface area contributed by atoms with Crippen molar-refractivity contribution >= 4 is 28.9 Å². The lowest BCUT2D eigenvalue weighted by Gasteiger charge is -2.25. The van der Waals surface area contributed by atoms with Crippen LogP contribution in [0.3, 0.4) is 0 Å². The normalized spacial score (nSPS) is 25.0. The first-order chi connectivity index (χ1) is 17.8. The van der Waals surface area contributed by atoms with Crippen molar-refractivity contribution in [2.75, 3.05) is 13.7 Å². The van der Waals surface area contributed by atoms with Crippen LogP contribution in [0.5, 0.6) is 0 Å². The molecule has 2 aliphatic rings. The number of methoxy groups -OCH3 is 1. The summed E-state index contributed by atoms with van der Waals surface area (Å²) < 4.78 is 36.1. The van der Waals surface area contributed by atoms with E-state index in [0.29, 0.717) is 0 Å². The molecule has 2 saturated heterocycles. The van der Waals surface area contributed by atoms with Gasteiger partial charge in [-0.1, -0.05) is 18.2 Å². The predicted molar refractivity (Wildman–Crippen MR) is 135 cm³/mol. The molecule has 1 N–H and O–H groups in total. The molecule has 11 nitrogen and oxygen atoms in total. The van der Waals surface area contributed by atoms with Gasteiger partial charge in [-0.15, -0.1) is 0 Å². The maximum absolute atomic E-state index is 12.6. The number of hydrogen-bond acceptors (Lipinski definition) is 9. The van der Waals surface area contributed by atoms with Gasteiger partial charge in [0.1, 0.15) is 36.6 Å². The predicted octanol–water partition coefficient (Wildman–Crippen LogP) is 3.23. The average molecular weight is 533 g/mol. The lowest BCUT2D eigenvalue weighted by Crippen LogP contribution is -2.45. The summed E-state index contributed by atoms with van der Waals surface area (Å²) in [4.78, 5) is 36.5. The van der Waals surface area contributed by atoms with Crippen LogP contribution in [0.15, 0.2) is 30.5 Å². The minimum absolute atomic E-state index is 0.0305. The number of esters is 2. The number of alkyl carbamates (subject to hydrolysis) is 1. The first-order valence-corrected chi connectivity index (χ1v) is 12.6. The summed E-state index contributed by atoms with van der Waals surface area (Å²) in [6, 6.07) is 6.68. The van der Waals surface area contributed by atoms with Crippen LogP contribution in [0.4, 0.5) is 4.79 Å². The maximum atomic E-state index is 12.6. The van der Waals surface area contributed by atoms with Gasteiger partial charge in [0.05, 0.1) is 12.6 Å². The number of benzene rings is 1. The quantitative estimate of drug-likeness (QED) is 0.423.